The molecule has 3 rings (SSSR count). The number of nitrogens with one attached hydrogen (secondary N) is 1. The molecule has 0 radical (unpaired) electrons. The second-order valence-corrected chi connectivity index (χ2v) is 8.22. The summed E-state index contributed by atoms with van der Waals surface area (Å²) in [5, 5.41) is 5.63. The fourth-order valence-electron chi connectivity index (χ4n) is 2.83. The number of piperazine rings is 1. The first-order valence-electron chi connectivity index (χ1n) is 9.21. The smallest absolute Gasteiger partial charge is 0.205 e. The number of thiazole rings is 1. The zero-order valence-electron chi connectivity index (χ0n) is 16.1. The first kappa shape index (κ1) is 22.3. The van der Waals surface area contributed by atoms with E-state index >= 15 is 0 Å². The molecule has 0 bridgehead atoms. The van der Waals surface area contributed by atoms with Crippen LogP contribution in [0.5, 0.6) is 0 Å². The summed E-state index contributed by atoms with van der Waals surface area (Å²) in [5.74, 6) is 1.95. The van der Waals surface area contributed by atoms with E-state index < -0.39 is 0 Å². The highest BCUT2D eigenvalue weighted by molar-refractivity contribution is 14.0. The molecule has 0 aliphatic carbocycles. The van der Waals surface area contributed by atoms with E-state index in [1.165, 1.54) is 16.4 Å². The normalized spacial score (nSPS) is 15.0. The average Bonchev–Trinajstić information content (AvgIpc) is 3.30. The van der Waals surface area contributed by atoms with Gasteiger partial charge in [-0.3, -0.25) is 4.99 Å². The van der Waals surface area contributed by atoms with Crippen LogP contribution in [0.15, 0.2) is 11.2 Å². The minimum absolute atomic E-state index is 0. The monoisotopic (exact) mass is 521 g/mol. The highest BCUT2D eigenvalue weighted by atomic mass is 127. The summed E-state index contributed by atoms with van der Waals surface area (Å²) in [6.07, 6.45) is 3.73. The zero-order chi connectivity index (χ0) is 18.4. The van der Waals surface area contributed by atoms with Gasteiger partial charge in [0.25, 0.3) is 0 Å². The van der Waals surface area contributed by atoms with Crippen LogP contribution in [0.4, 0.5) is 5.13 Å². The van der Waals surface area contributed by atoms with E-state index in [4.69, 9.17) is 4.99 Å². The van der Waals surface area contributed by atoms with Gasteiger partial charge in [-0.2, -0.15) is 4.37 Å². The van der Waals surface area contributed by atoms with Crippen LogP contribution in [0.3, 0.4) is 0 Å². The summed E-state index contributed by atoms with van der Waals surface area (Å²) in [7, 11) is 0. The standard InChI is InChI=1S/C17H27N7S2.HI/c1-4-14-21-17(26-22-14)24-10-8-23(9-11-24)16(18-5-2)19-7-6-15-20-12-13(3)25-15;/h12H,4-11H2,1-3H3,(H,18,19);1H. The maximum Gasteiger partial charge on any atom is 0.205 e. The highest BCUT2D eigenvalue weighted by Crippen LogP contribution is 2.19. The third-order valence-electron chi connectivity index (χ3n) is 4.21. The van der Waals surface area contributed by atoms with Gasteiger partial charge in [0.05, 0.1) is 5.01 Å². The molecule has 10 heteroatoms. The van der Waals surface area contributed by atoms with Crippen molar-refractivity contribution in [2.45, 2.75) is 33.6 Å². The van der Waals surface area contributed by atoms with Crippen molar-refractivity contribution in [3.05, 3.63) is 21.9 Å². The van der Waals surface area contributed by atoms with Crippen molar-refractivity contribution in [1.29, 1.82) is 0 Å². The van der Waals surface area contributed by atoms with Crippen molar-refractivity contribution >= 4 is 57.9 Å². The van der Waals surface area contributed by atoms with E-state index in [0.29, 0.717) is 0 Å². The quantitative estimate of drug-likeness (QED) is 0.358. The predicted octanol–water partition coefficient (Wildman–Crippen LogP) is 2.81. The van der Waals surface area contributed by atoms with Crippen molar-refractivity contribution in [2.75, 3.05) is 44.2 Å². The van der Waals surface area contributed by atoms with Crippen molar-refractivity contribution < 1.29 is 0 Å². The molecule has 1 aliphatic rings. The Morgan fingerprint density at radius 1 is 1.26 bits per heavy atom. The molecule has 1 aliphatic heterocycles. The van der Waals surface area contributed by atoms with Crippen LogP contribution in [0.1, 0.15) is 29.6 Å². The first-order valence-corrected chi connectivity index (χ1v) is 10.8. The molecular weight excluding hydrogens is 493 g/mol. The Morgan fingerprint density at radius 3 is 2.63 bits per heavy atom. The molecule has 2 aromatic heterocycles. The Hall–Kier alpha value is -1.01. The maximum atomic E-state index is 4.81. The molecule has 150 valence electrons. The molecule has 3 heterocycles. The highest BCUT2D eigenvalue weighted by Gasteiger charge is 2.22. The number of nitrogens with zero attached hydrogens (tertiary/aromatic N) is 6. The molecule has 1 fully saturated rings. The number of aromatic nitrogens is 3. The third-order valence-corrected chi connectivity index (χ3v) is 6.00. The Morgan fingerprint density at radius 2 is 2.04 bits per heavy atom. The molecule has 1 N–H and O–H groups in total. The summed E-state index contributed by atoms with van der Waals surface area (Å²) in [4.78, 5) is 19.8. The number of anilines is 1. The van der Waals surface area contributed by atoms with Gasteiger partial charge < -0.3 is 15.1 Å². The SMILES string of the molecule is CCNC(=NCCc1ncc(C)s1)N1CCN(c2nc(CC)ns2)CC1.I. The largest absolute Gasteiger partial charge is 0.357 e. The number of hydrogen-bond acceptors (Lipinski definition) is 7. The van der Waals surface area contributed by atoms with E-state index in [2.05, 4.69) is 50.2 Å². The van der Waals surface area contributed by atoms with Gasteiger partial charge in [0.2, 0.25) is 5.13 Å². The van der Waals surface area contributed by atoms with Gasteiger partial charge in [-0.25, -0.2) is 9.97 Å². The van der Waals surface area contributed by atoms with Gasteiger partial charge in [-0.1, -0.05) is 6.92 Å². The summed E-state index contributed by atoms with van der Waals surface area (Å²) >= 11 is 3.27. The Balaban J connectivity index is 0.00000261. The lowest BCUT2D eigenvalue weighted by molar-refractivity contribution is 0.372. The summed E-state index contributed by atoms with van der Waals surface area (Å²) in [5.41, 5.74) is 0. The van der Waals surface area contributed by atoms with Crippen molar-refractivity contribution in [1.82, 2.24) is 24.6 Å². The fourth-order valence-corrected chi connectivity index (χ4v) is 4.40. The first-order chi connectivity index (χ1) is 12.7. The summed E-state index contributed by atoms with van der Waals surface area (Å²) < 4.78 is 4.40. The van der Waals surface area contributed by atoms with E-state index in [0.717, 1.165) is 74.0 Å². The lowest BCUT2D eigenvalue weighted by Crippen LogP contribution is -2.52. The number of rotatable bonds is 6. The molecule has 0 aromatic carbocycles. The van der Waals surface area contributed by atoms with Crippen LogP contribution in [0.2, 0.25) is 0 Å². The summed E-state index contributed by atoms with van der Waals surface area (Å²) in [6.45, 7) is 11.8. The lowest BCUT2D eigenvalue weighted by atomic mass is 10.3. The molecule has 0 spiro atoms. The minimum Gasteiger partial charge on any atom is -0.357 e. The average molecular weight is 521 g/mol. The topological polar surface area (TPSA) is 69.5 Å². The fraction of sp³-hybridized carbons (Fsp3) is 0.647. The van der Waals surface area contributed by atoms with Gasteiger partial charge in [0, 0.05) is 74.7 Å². The van der Waals surface area contributed by atoms with Crippen LogP contribution in [0.25, 0.3) is 0 Å². The van der Waals surface area contributed by atoms with Gasteiger partial charge in [0.1, 0.15) is 5.82 Å². The molecule has 7 nitrogen and oxygen atoms in total. The maximum absolute atomic E-state index is 4.81. The Labute approximate surface area is 186 Å². The molecule has 0 unspecified atom stereocenters. The van der Waals surface area contributed by atoms with Crippen molar-refractivity contribution in [3.8, 4) is 0 Å². The molecule has 0 atom stereocenters. The molecular formula is C17H28IN7S2. The van der Waals surface area contributed by atoms with E-state index in [1.54, 1.807) is 11.3 Å². The predicted molar refractivity (Wildman–Crippen MR) is 125 cm³/mol. The van der Waals surface area contributed by atoms with Crippen LogP contribution in [-0.4, -0.2) is 64.5 Å². The van der Waals surface area contributed by atoms with Crippen LogP contribution in [-0.2, 0) is 12.8 Å². The Bertz CT molecular complexity index is 722. The van der Waals surface area contributed by atoms with Crippen LogP contribution in [0, 0.1) is 6.92 Å². The van der Waals surface area contributed by atoms with Crippen LogP contribution < -0.4 is 10.2 Å². The van der Waals surface area contributed by atoms with Gasteiger partial charge in [-0.15, -0.1) is 35.3 Å². The minimum atomic E-state index is 0. The number of hydrogen-bond donors (Lipinski definition) is 1. The van der Waals surface area contributed by atoms with Gasteiger partial charge in [-0.05, 0) is 13.8 Å². The zero-order valence-corrected chi connectivity index (χ0v) is 20.1. The van der Waals surface area contributed by atoms with Gasteiger partial charge >= 0.3 is 0 Å². The van der Waals surface area contributed by atoms with Crippen molar-refractivity contribution in [3.63, 3.8) is 0 Å². The van der Waals surface area contributed by atoms with E-state index in [9.17, 15) is 0 Å². The summed E-state index contributed by atoms with van der Waals surface area (Å²) in [6, 6.07) is 0. The molecule has 2 aromatic rings. The Kier molecular flexibility index (Phi) is 9.16. The molecule has 27 heavy (non-hydrogen) atoms. The second-order valence-electron chi connectivity index (χ2n) is 6.17. The number of guanidine groups is 1. The van der Waals surface area contributed by atoms with Crippen molar-refractivity contribution in [2.24, 2.45) is 4.99 Å². The lowest BCUT2D eigenvalue weighted by Gasteiger charge is -2.36. The van der Waals surface area contributed by atoms with Gasteiger partial charge in [0.15, 0.2) is 5.96 Å². The second kappa shape index (κ2) is 11.1. The third kappa shape index (κ3) is 6.24. The molecule has 0 saturated carbocycles. The van der Waals surface area contributed by atoms with Crippen LogP contribution >= 0.6 is 46.8 Å². The molecule has 0 amide bonds. The number of aryl methyl sites for hydroxylation is 2. The van der Waals surface area contributed by atoms with E-state index in [1.807, 2.05) is 6.20 Å². The van der Waals surface area contributed by atoms with E-state index in [-0.39, 0.29) is 24.0 Å². The molecule has 1 saturated heterocycles. The number of aliphatic imine (C=N–C) groups is 1. The number of halogens is 1.